The molecule has 0 N–H and O–H groups in total. The summed E-state index contributed by atoms with van der Waals surface area (Å²) in [6.45, 7) is 0. The summed E-state index contributed by atoms with van der Waals surface area (Å²) in [7, 11) is 0. The van der Waals surface area contributed by atoms with Gasteiger partial charge in [0.25, 0.3) is 0 Å². The Morgan fingerprint density at radius 1 is 0.491 bits per heavy atom. The number of ether oxygens (including phenoxy) is 2. The lowest BCUT2D eigenvalue weighted by Crippen LogP contribution is -2.40. The first kappa shape index (κ1) is 35.9. The molecule has 8 rings (SSSR count). The minimum absolute atomic E-state index is 0.0855. The number of hydrogen-bond acceptors (Lipinski definition) is 12. The maximum absolute atomic E-state index is 13.7. The quantitative estimate of drug-likeness (QED) is 0.102. The summed E-state index contributed by atoms with van der Waals surface area (Å²) in [4.78, 5) is 46.5. The van der Waals surface area contributed by atoms with Crippen molar-refractivity contribution >= 4 is 11.9 Å². The Bertz CT molecular complexity index is 2590. The third kappa shape index (κ3) is 6.18. The number of hydrogen-bond donors (Lipinski definition) is 0. The molecule has 0 fully saturated rings. The maximum Gasteiger partial charge on any atom is 0.311 e. The van der Waals surface area contributed by atoms with Crippen LogP contribution in [0.4, 0.5) is 0 Å². The van der Waals surface area contributed by atoms with Crippen molar-refractivity contribution in [2.24, 2.45) is 0 Å². The Labute approximate surface area is 326 Å². The van der Waals surface area contributed by atoms with E-state index in [-0.39, 0.29) is 54.9 Å². The number of carbonyl (C=O) groups is 2. The SMILES string of the molecule is N#Cc1nc2c(nc1C#N)C(CCC(=O)Oc1ccccc1)(CC1(CCC(=O)Oc3ccccc3)c3ccccc3-c3nc(C#N)c(C#N)nc31)c1ccccc1-2. The average Bonchev–Trinajstić information content (AvgIpc) is 3.67. The van der Waals surface area contributed by atoms with Gasteiger partial charge in [0.05, 0.1) is 22.8 Å². The van der Waals surface area contributed by atoms with Crippen LogP contribution in [0.2, 0.25) is 0 Å². The van der Waals surface area contributed by atoms with Crippen LogP contribution in [0, 0.1) is 45.3 Å². The Balaban J connectivity index is 1.36. The molecule has 12 heteroatoms. The summed E-state index contributed by atoms with van der Waals surface area (Å²) in [6.07, 6.45) is 0.0419. The summed E-state index contributed by atoms with van der Waals surface area (Å²) < 4.78 is 11.5. The molecule has 2 atom stereocenters. The molecule has 57 heavy (non-hydrogen) atoms. The average molecular weight is 745 g/mol. The van der Waals surface area contributed by atoms with Gasteiger partial charge >= 0.3 is 11.9 Å². The van der Waals surface area contributed by atoms with E-state index in [0.717, 1.165) is 11.1 Å². The van der Waals surface area contributed by atoms with Crippen molar-refractivity contribution in [2.45, 2.75) is 42.9 Å². The molecule has 272 valence electrons. The zero-order chi connectivity index (χ0) is 39.6. The Hall–Kier alpha value is -8.06. The van der Waals surface area contributed by atoms with E-state index in [1.807, 2.05) is 84.9 Å². The fourth-order valence-electron chi connectivity index (χ4n) is 8.22. The van der Waals surface area contributed by atoms with Crippen molar-refractivity contribution in [3.63, 3.8) is 0 Å². The molecule has 0 aliphatic heterocycles. The summed E-state index contributed by atoms with van der Waals surface area (Å²) in [5, 5.41) is 40.5. The molecule has 6 aromatic rings. The lowest BCUT2D eigenvalue weighted by Gasteiger charge is -2.41. The van der Waals surface area contributed by atoms with Crippen molar-refractivity contribution in [3.8, 4) is 58.3 Å². The first-order valence-corrected chi connectivity index (χ1v) is 18.0. The van der Waals surface area contributed by atoms with Gasteiger partial charge in [-0.25, -0.2) is 19.9 Å². The lowest BCUT2D eigenvalue weighted by atomic mass is 9.61. The zero-order valence-electron chi connectivity index (χ0n) is 30.1. The fourth-order valence-corrected chi connectivity index (χ4v) is 8.22. The third-order valence-corrected chi connectivity index (χ3v) is 10.6. The number of rotatable bonds is 10. The standard InChI is InChI=1S/C45H28N8O4/c46-23-34-36(25-48)52-42-40(50-34)30-15-7-9-17-32(30)44(42,21-19-38(54)56-28-11-3-1-4-12-28)27-45(22-20-39(55)57-29-13-5-2-6-14-29)33-18-10-8-16-31(33)41-43(45)53-37(26-49)35(24-47)51-41/h1-18H,19-22,27H2. The molecule has 2 aromatic heterocycles. The van der Waals surface area contributed by atoms with Gasteiger partial charge in [-0.3, -0.25) is 9.59 Å². The maximum atomic E-state index is 13.7. The van der Waals surface area contributed by atoms with Gasteiger partial charge in [-0.1, -0.05) is 84.9 Å². The summed E-state index contributed by atoms with van der Waals surface area (Å²) in [5.74, 6) is -0.305. The van der Waals surface area contributed by atoms with Crippen molar-refractivity contribution in [2.75, 3.05) is 0 Å². The van der Waals surface area contributed by atoms with Gasteiger partial charge in [-0.15, -0.1) is 0 Å². The van der Waals surface area contributed by atoms with E-state index in [0.29, 0.717) is 45.4 Å². The van der Waals surface area contributed by atoms with E-state index in [4.69, 9.17) is 19.4 Å². The van der Waals surface area contributed by atoms with Crippen molar-refractivity contribution in [1.29, 1.82) is 21.0 Å². The molecule has 0 spiro atoms. The number of benzene rings is 4. The number of aromatic nitrogens is 4. The molecular weight excluding hydrogens is 717 g/mol. The zero-order valence-corrected chi connectivity index (χ0v) is 30.1. The normalized spacial score (nSPS) is 16.6. The highest BCUT2D eigenvalue weighted by Gasteiger charge is 2.56. The van der Waals surface area contributed by atoms with Crippen molar-refractivity contribution in [1.82, 2.24) is 19.9 Å². The molecular formula is C45H28N8O4. The largest absolute Gasteiger partial charge is 0.427 e. The van der Waals surface area contributed by atoms with Crippen LogP contribution >= 0.6 is 0 Å². The van der Waals surface area contributed by atoms with Crippen LogP contribution < -0.4 is 9.47 Å². The van der Waals surface area contributed by atoms with Gasteiger partial charge in [0.2, 0.25) is 0 Å². The lowest BCUT2D eigenvalue weighted by molar-refractivity contribution is -0.135. The second-order valence-corrected chi connectivity index (χ2v) is 13.7. The smallest absolute Gasteiger partial charge is 0.311 e. The number of nitrogens with zero attached hydrogens (tertiary/aromatic N) is 8. The van der Waals surface area contributed by atoms with E-state index < -0.39 is 22.8 Å². The molecule has 0 radical (unpaired) electrons. The molecule has 12 nitrogen and oxygen atoms in total. The Morgan fingerprint density at radius 2 is 0.842 bits per heavy atom. The number of carbonyl (C=O) groups excluding carboxylic acids is 2. The monoisotopic (exact) mass is 744 g/mol. The van der Waals surface area contributed by atoms with Gasteiger partial charge < -0.3 is 9.47 Å². The fraction of sp³-hybridized carbons (Fsp3) is 0.156. The van der Waals surface area contributed by atoms with Crippen LogP contribution in [0.1, 0.15) is 77.4 Å². The predicted molar refractivity (Wildman–Crippen MR) is 203 cm³/mol. The van der Waals surface area contributed by atoms with E-state index in [1.165, 1.54) is 0 Å². The van der Waals surface area contributed by atoms with Crippen molar-refractivity contribution < 1.29 is 19.1 Å². The van der Waals surface area contributed by atoms with Gasteiger partial charge in [0.1, 0.15) is 35.8 Å². The first-order chi connectivity index (χ1) is 27.8. The second kappa shape index (κ2) is 14.6. The van der Waals surface area contributed by atoms with Crippen LogP contribution in [0.25, 0.3) is 22.5 Å². The second-order valence-electron chi connectivity index (χ2n) is 13.7. The molecule has 2 heterocycles. The summed E-state index contributed by atoms with van der Waals surface area (Å²) in [6, 6.07) is 40.3. The highest BCUT2D eigenvalue weighted by atomic mass is 16.5. The van der Waals surface area contributed by atoms with Crippen LogP contribution in [-0.4, -0.2) is 31.9 Å². The number of nitriles is 4. The summed E-state index contributed by atoms with van der Waals surface area (Å²) >= 11 is 0. The number of para-hydroxylation sites is 2. The highest BCUT2D eigenvalue weighted by molar-refractivity contribution is 5.82. The van der Waals surface area contributed by atoms with Crippen LogP contribution in [0.15, 0.2) is 109 Å². The Kier molecular flexibility index (Phi) is 9.23. The van der Waals surface area contributed by atoms with E-state index in [1.54, 1.807) is 48.5 Å². The van der Waals surface area contributed by atoms with E-state index >= 15 is 0 Å². The highest BCUT2D eigenvalue weighted by Crippen LogP contribution is 2.61. The first-order valence-electron chi connectivity index (χ1n) is 18.0. The van der Waals surface area contributed by atoms with Gasteiger partial charge in [-0.05, 0) is 54.7 Å². The summed E-state index contributed by atoms with van der Waals surface area (Å²) in [5.41, 5.74) is 1.16. The van der Waals surface area contributed by atoms with E-state index in [9.17, 15) is 30.6 Å². The predicted octanol–water partition coefficient (Wildman–Crippen LogP) is 7.15. The molecule has 0 saturated heterocycles. The van der Waals surface area contributed by atoms with Crippen LogP contribution in [0.3, 0.4) is 0 Å². The van der Waals surface area contributed by atoms with Crippen LogP contribution in [-0.2, 0) is 20.4 Å². The molecule has 2 aliphatic rings. The molecule has 2 unspecified atom stereocenters. The van der Waals surface area contributed by atoms with E-state index in [2.05, 4.69) is 9.97 Å². The Morgan fingerprint density at radius 3 is 1.23 bits per heavy atom. The van der Waals surface area contributed by atoms with Gasteiger partial charge in [0, 0.05) is 34.8 Å². The molecule has 4 aromatic carbocycles. The van der Waals surface area contributed by atoms with Crippen molar-refractivity contribution in [3.05, 3.63) is 154 Å². The van der Waals surface area contributed by atoms with Gasteiger partial charge in [-0.2, -0.15) is 21.0 Å². The minimum atomic E-state index is -1.23. The molecule has 0 saturated carbocycles. The molecule has 2 aliphatic carbocycles. The van der Waals surface area contributed by atoms with Gasteiger partial charge in [0.15, 0.2) is 22.8 Å². The number of esters is 2. The number of fused-ring (bicyclic) bond motifs is 6. The molecule has 0 amide bonds. The molecule has 0 bridgehead atoms. The third-order valence-electron chi connectivity index (χ3n) is 10.6. The topological polar surface area (TPSA) is 199 Å². The van der Waals surface area contributed by atoms with Crippen LogP contribution in [0.5, 0.6) is 11.5 Å². The minimum Gasteiger partial charge on any atom is -0.427 e.